The number of phenols is 1. The maximum Gasteiger partial charge on any atom is 0.165 e. The first-order chi connectivity index (χ1) is 10.7. The van der Waals surface area contributed by atoms with E-state index < -0.39 is 17.4 Å². The van der Waals surface area contributed by atoms with Gasteiger partial charge in [0.25, 0.3) is 0 Å². The zero-order valence-electron chi connectivity index (χ0n) is 13.3. The Hall–Kier alpha value is -0.660. The summed E-state index contributed by atoms with van der Waals surface area (Å²) in [5, 5.41) is 13.4. The van der Waals surface area contributed by atoms with E-state index in [9.17, 15) is 13.9 Å². The number of aromatic hydroxyl groups is 1. The van der Waals surface area contributed by atoms with E-state index in [4.69, 9.17) is 4.74 Å². The average Bonchev–Trinajstić information content (AvgIpc) is 2.57. The fraction of sp³-hybridized carbons (Fsp3) is 0.625. The van der Waals surface area contributed by atoms with Gasteiger partial charge in [0.15, 0.2) is 11.6 Å². The molecule has 2 heterocycles. The normalized spacial score (nSPS) is 20.8. The van der Waals surface area contributed by atoms with Crippen LogP contribution in [0.1, 0.15) is 24.4 Å². The van der Waals surface area contributed by atoms with Crippen LogP contribution >= 0.6 is 24.8 Å². The smallest absolute Gasteiger partial charge is 0.165 e. The third-order valence-electron chi connectivity index (χ3n) is 4.67. The Morgan fingerprint density at radius 1 is 1.08 bits per heavy atom. The number of halogens is 4. The highest BCUT2D eigenvalue weighted by Gasteiger charge is 2.35. The van der Waals surface area contributed by atoms with Crippen LogP contribution in [0.5, 0.6) is 5.75 Å². The summed E-state index contributed by atoms with van der Waals surface area (Å²) in [6, 6.07) is 1.79. The van der Waals surface area contributed by atoms with Gasteiger partial charge < -0.3 is 15.2 Å². The second-order valence-electron chi connectivity index (χ2n) is 5.97. The predicted molar refractivity (Wildman–Crippen MR) is 93.2 cm³/mol. The van der Waals surface area contributed by atoms with Crippen molar-refractivity contribution >= 4 is 24.8 Å². The van der Waals surface area contributed by atoms with Crippen molar-refractivity contribution in [1.82, 2.24) is 10.2 Å². The van der Waals surface area contributed by atoms with Gasteiger partial charge in [0.05, 0.1) is 5.56 Å². The molecule has 0 spiro atoms. The van der Waals surface area contributed by atoms with Gasteiger partial charge in [-0.15, -0.1) is 24.8 Å². The minimum absolute atomic E-state index is 0. The largest absolute Gasteiger partial charge is 0.505 e. The summed E-state index contributed by atoms with van der Waals surface area (Å²) in [4.78, 5) is 2.16. The zero-order valence-corrected chi connectivity index (χ0v) is 15.0. The lowest BCUT2D eigenvalue weighted by Crippen LogP contribution is -2.47. The third kappa shape index (κ3) is 4.49. The van der Waals surface area contributed by atoms with Gasteiger partial charge >= 0.3 is 0 Å². The van der Waals surface area contributed by atoms with Gasteiger partial charge in [0, 0.05) is 45.4 Å². The molecule has 2 saturated heterocycles. The number of hydrogen-bond donors (Lipinski definition) is 2. The molecule has 1 atom stereocenters. The standard InChI is InChI=1S/C16H22F2N2O2.2ClH/c17-12-1-2-13(18)16(21)14(12)15(11-3-9-22-10-4-11)20-7-5-19-6-8-20;;/h1-2,11,15,19,21H,3-10H2;2*1H/t15-;;/m0../s1. The first-order valence-corrected chi connectivity index (χ1v) is 7.88. The van der Waals surface area contributed by atoms with Crippen LogP contribution in [0.4, 0.5) is 8.78 Å². The molecule has 0 unspecified atom stereocenters. The number of nitrogens with zero attached hydrogens (tertiary/aromatic N) is 1. The number of hydrogen-bond acceptors (Lipinski definition) is 4. The Labute approximate surface area is 153 Å². The van der Waals surface area contributed by atoms with Crippen molar-refractivity contribution in [3.05, 3.63) is 29.3 Å². The fourth-order valence-electron chi connectivity index (χ4n) is 3.55. The summed E-state index contributed by atoms with van der Waals surface area (Å²) in [7, 11) is 0. The topological polar surface area (TPSA) is 44.7 Å². The molecule has 2 N–H and O–H groups in total. The first-order valence-electron chi connectivity index (χ1n) is 7.88. The maximum atomic E-state index is 14.4. The zero-order chi connectivity index (χ0) is 15.5. The van der Waals surface area contributed by atoms with Crippen molar-refractivity contribution < 1.29 is 18.6 Å². The van der Waals surface area contributed by atoms with Crippen LogP contribution in [-0.2, 0) is 4.74 Å². The van der Waals surface area contributed by atoms with Crippen molar-refractivity contribution in [3.8, 4) is 5.75 Å². The third-order valence-corrected chi connectivity index (χ3v) is 4.67. The van der Waals surface area contributed by atoms with Crippen molar-refractivity contribution in [2.45, 2.75) is 18.9 Å². The molecule has 0 saturated carbocycles. The van der Waals surface area contributed by atoms with Crippen molar-refractivity contribution in [1.29, 1.82) is 0 Å². The molecule has 4 nitrogen and oxygen atoms in total. The number of ether oxygens (including phenoxy) is 1. The predicted octanol–water partition coefficient (Wildman–Crippen LogP) is 2.89. The van der Waals surface area contributed by atoms with Gasteiger partial charge in [-0.1, -0.05) is 0 Å². The van der Waals surface area contributed by atoms with Crippen LogP contribution in [0.25, 0.3) is 0 Å². The Balaban J connectivity index is 0.00000144. The van der Waals surface area contributed by atoms with Gasteiger partial charge in [-0.25, -0.2) is 8.78 Å². The fourth-order valence-corrected chi connectivity index (χ4v) is 3.55. The Bertz CT molecular complexity index is 507. The number of piperazine rings is 1. The molecule has 0 aliphatic carbocycles. The monoisotopic (exact) mass is 384 g/mol. The highest BCUT2D eigenvalue weighted by molar-refractivity contribution is 5.85. The lowest BCUT2D eigenvalue weighted by Gasteiger charge is -2.41. The molecule has 0 aromatic heterocycles. The molecule has 0 radical (unpaired) electrons. The SMILES string of the molecule is Cl.Cl.Oc1c(F)ccc(F)c1[C@H](C1CCOCC1)N1CCNCC1. The van der Waals surface area contributed by atoms with E-state index in [0.29, 0.717) is 13.2 Å². The van der Waals surface area contributed by atoms with Gasteiger partial charge in [0.2, 0.25) is 0 Å². The van der Waals surface area contributed by atoms with E-state index in [-0.39, 0.29) is 42.3 Å². The molecule has 1 aromatic rings. The van der Waals surface area contributed by atoms with E-state index in [1.54, 1.807) is 0 Å². The van der Waals surface area contributed by atoms with E-state index in [1.165, 1.54) is 0 Å². The minimum atomic E-state index is -0.761. The molecule has 0 amide bonds. The highest BCUT2D eigenvalue weighted by Crippen LogP contribution is 2.41. The molecular formula is C16H24Cl2F2N2O2. The van der Waals surface area contributed by atoms with Crippen molar-refractivity contribution in [3.63, 3.8) is 0 Å². The van der Waals surface area contributed by atoms with Gasteiger partial charge in [-0.05, 0) is 30.9 Å². The second-order valence-corrected chi connectivity index (χ2v) is 5.97. The Morgan fingerprint density at radius 2 is 1.67 bits per heavy atom. The first kappa shape index (κ1) is 21.4. The summed E-state index contributed by atoms with van der Waals surface area (Å²) < 4.78 is 33.6. The Kier molecular flexibility index (Phi) is 8.67. The lowest BCUT2D eigenvalue weighted by atomic mass is 9.84. The van der Waals surface area contributed by atoms with E-state index >= 15 is 0 Å². The molecule has 3 rings (SSSR count). The van der Waals surface area contributed by atoms with Gasteiger partial charge in [-0.2, -0.15) is 0 Å². The maximum absolute atomic E-state index is 14.4. The summed E-state index contributed by atoms with van der Waals surface area (Å²) >= 11 is 0. The van der Waals surface area contributed by atoms with E-state index in [2.05, 4.69) is 10.2 Å². The molecule has 2 fully saturated rings. The van der Waals surface area contributed by atoms with Crippen LogP contribution in [0.15, 0.2) is 12.1 Å². The van der Waals surface area contributed by atoms with E-state index in [1.807, 2.05) is 0 Å². The van der Waals surface area contributed by atoms with Crippen LogP contribution in [0.3, 0.4) is 0 Å². The minimum Gasteiger partial charge on any atom is -0.505 e. The van der Waals surface area contributed by atoms with Gasteiger partial charge in [0.1, 0.15) is 5.82 Å². The molecule has 138 valence electrons. The second kappa shape index (κ2) is 9.73. The molecule has 2 aliphatic rings. The number of benzene rings is 1. The van der Waals surface area contributed by atoms with Crippen LogP contribution in [-0.4, -0.2) is 49.4 Å². The summed E-state index contributed by atoms with van der Waals surface area (Å²) in [5.74, 6) is -1.68. The lowest BCUT2D eigenvalue weighted by molar-refractivity contribution is 0.0194. The van der Waals surface area contributed by atoms with Crippen LogP contribution < -0.4 is 5.32 Å². The number of phenolic OH excluding ortho intramolecular Hbond substituents is 1. The average molecular weight is 385 g/mol. The van der Waals surface area contributed by atoms with Crippen LogP contribution in [0, 0.1) is 17.6 Å². The van der Waals surface area contributed by atoms with Crippen molar-refractivity contribution in [2.24, 2.45) is 5.92 Å². The summed E-state index contributed by atoms with van der Waals surface area (Å²) in [6.07, 6.45) is 1.59. The number of rotatable bonds is 3. The van der Waals surface area contributed by atoms with Crippen molar-refractivity contribution in [2.75, 3.05) is 39.4 Å². The highest BCUT2D eigenvalue weighted by atomic mass is 35.5. The molecular weight excluding hydrogens is 361 g/mol. The summed E-state index contributed by atoms with van der Waals surface area (Å²) in [6.45, 7) is 4.42. The Morgan fingerprint density at radius 3 is 2.29 bits per heavy atom. The molecule has 1 aromatic carbocycles. The molecule has 0 bridgehead atoms. The van der Waals surface area contributed by atoms with E-state index in [0.717, 1.165) is 51.2 Å². The molecule has 8 heteroatoms. The molecule has 2 aliphatic heterocycles. The summed E-state index contributed by atoms with van der Waals surface area (Å²) in [5.41, 5.74) is 0.105. The number of nitrogens with one attached hydrogen (secondary N) is 1. The molecule has 24 heavy (non-hydrogen) atoms. The van der Waals surface area contributed by atoms with Crippen LogP contribution in [0.2, 0.25) is 0 Å². The quantitative estimate of drug-likeness (QED) is 0.840. The van der Waals surface area contributed by atoms with Gasteiger partial charge in [-0.3, -0.25) is 4.90 Å².